The van der Waals surface area contributed by atoms with Crippen molar-refractivity contribution in [3.63, 3.8) is 0 Å². The van der Waals surface area contributed by atoms with E-state index in [2.05, 4.69) is 27.2 Å². The highest BCUT2D eigenvalue weighted by molar-refractivity contribution is 5.53. The van der Waals surface area contributed by atoms with E-state index in [1.165, 1.54) is 0 Å². The summed E-state index contributed by atoms with van der Waals surface area (Å²) >= 11 is 0. The molecule has 0 radical (unpaired) electrons. The third-order valence-electron chi connectivity index (χ3n) is 4.90. The van der Waals surface area contributed by atoms with Crippen LogP contribution in [0, 0.1) is 5.92 Å². The van der Waals surface area contributed by atoms with Gasteiger partial charge in [-0.25, -0.2) is 0 Å². The lowest BCUT2D eigenvalue weighted by atomic mass is 10.0. The zero-order valence-electron chi connectivity index (χ0n) is 14.8. The van der Waals surface area contributed by atoms with Gasteiger partial charge in [-0.2, -0.15) is 4.98 Å². The molecule has 1 heterocycles. The summed E-state index contributed by atoms with van der Waals surface area (Å²) in [7, 11) is 2.00. The lowest BCUT2D eigenvalue weighted by Gasteiger charge is -2.27. The van der Waals surface area contributed by atoms with Crippen LogP contribution in [0.5, 0.6) is 0 Å². The number of benzene rings is 2. The van der Waals surface area contributed by atoms with Gasteiger partial charge in [-0.05, 0) is 31.4 Å². The number of likely N-dealkylation sites (N-methyl/N-ethyl adjacent to an activating group) is 1. The molecule has 26 heavy (non-hydrogen) atoms. The molecule has 134 valence electrons. The van der Waals surface area contributed by atoms with Gasteiger partial charge in [0.25, 0.3) is 0 Å². The quantitative estimate of drug-likeness (QED) is 0.707. The van der Waals surface area contributed by atoms with Gasteiger partial charge in [-0.1, -0.05) is 65.8 Å². The molecule has 1 aliphatic rings. The Morgan fingerprint density at radius 2 is 1.73 bits per heavy atom. The molecule has 1 aromatic heterocycles. The predicted octanol–water partition coefficient (Wildman–Crippen LogP) is 3.53. The summed E-state index contributed by atoms with van der Waals surface area (Å²) in [6.07, 6.45) is 1.91. The van der Waals surface area contributed by atoms with Crippen LogP contribution in [0.3, 0.4) is 0 Å². The molecule has 2 atom stereocenters. The number of nitrogens with zero attached hydrogens (tertiary/aromatic N) is 3. The van der Waals surface area contributed by atoms with E-state index < -0.39 is 0 Å². The number of aliphatic hydroxyl groups excluding tert-OH is 1. The first kappa shape index (κ1) is 16.9. The molecular weight excluding hydrogens is 326 g/mol. The summed E-state index contributed by atoms with van der Waals surface area (Å²) in [4.78, 5) is 6.74. The normalized spacial score (nSPS) is 16.6. The monoisotopic (exact) mass is 349 g/mol. The van der Waals surface area contributed by atoms with Crippen LogP contribution in [0.15, 0.2) is 65.2 Å². The topological polar surface area (TPSA) is 62.4 Å². The maximum absolute atomic E-state index is 10.4. The van der Waals surface area contributed by atoms with Gasteiger partial charge < -0.3 is 9.63 Å². The first-order valence-electron chi connectivity index (χ1n) is 9.04. The molecular formula is C21H23N3O2. The summed E-state index contributed by atoms with van der Waals surface area (Å²) in [5, 5.41) is 14.5. The highest BCUT2D eigenvalue weighted by Gasteiger charge is 2.33. The minimum Gasteiger partial charge on any atom is -0.392 e. The second-order valence-electron chi connectivity index (χ2n) is 6.98. The number of hydrogen-bond acceptors (Lipinski definition) is 5. The SMILES string of the molecule is CN(CC(O)C1CC1)C(c1ccccc1)c1nc(-c2ccccc2)no1. The number of aliphatic hydroxyl groups is 1. The van der Waals surface area contributed by atoms with Crippen molar-refractivity contribution in [2.45, 2.75) is 25.0 Å². The average molecular weight is 349 g/mol. The predicted molar refractivity (Wildman–Crippen MR) is 99.4 cm³/mol. The average Bonchev–Trinajstić information content (AvgIpc) is 3.42. The van der Waals surface area contributed by atoms with E-state index in [1.54, 1.807) is 0 Å². The van der Waals surface area contributed by atoms with Crippen LogP contribution in [-0.2, 0) is 0 Å². The Hall–Kier alpha value is -2.50. The summed E-state index contributed by atoms with van der Waals surface area (Å²) < 4.78 is 5.63. The van der Waals surface area contributed by atoms with Crippen molar-refractivity contribution in [2.75, 3.05) is 13.6 Å². The minimum absolute atomic E-state index is 0.186. The highest BCUT2D eigenvalue weighted by atomic mass is 16.5. The van der Waals surface area contributed by atoms with Gasteiger partial charge >= 0.3 is 0 Å². The smallest absolute Gasteiger partial charge is 0.248 e. The molecule has 2 aromatic carbocycles. The third-order valence-corrected chi connectivity index (χ3v) is 4.90. The van der Waals surface area contributed by atoms with Gasteiger partial charge in [-0.15, -0.1) is 0 Å². The maximum atomic E-state index is 10.4. The molecule has 1 fully saturated rings. The van der Waals surface area contributed by atoms with E-state index in [-0.39, 0.29) is 12.1 Å². The second kappa shape index (κ2) is 7.40. The van der Waals surface area contributed by atoms with Crippen molar-refractivity contribution in [1.29, 1.82) is 0 Å². The van der Waals surface area contributed by atoms with Gasteiger partial charge in [-0.3, -0.25) is 4.90 Å². The van der Waals surface area contributed by atoms with Crippen molar-refractivity contribution in [3.8, 4) is 11.4 Å². The minimum atomic E-state index is -0.317. The zero-order chi connectivity index (χ0) is 17.9. The fourth-order valence-electron chi connectivity index (χ4n) is 3.30. The molecule has 0 bridgehead atoms. The van der Waals surface area contributed by atoms with E-state index >= 15 is 0 Å². The number of aromatic nitrogens is 2. The van der Waals surface area contributed by atoms with Crippen molar-refractivity contribution in [2.24, 2.45) is 5.92 Å². The fourth-order valence-corrected chi connectivity index (χ4v) is 3.30. The van der Waals surface area contributed by atoms with E-state index in [0.717, 1.165) is 24.0 Å². The van der Waals surface area contributed by atoms with Gasteiger partial charge in [0.2, 0.25) is 11.7 Å². The van der Waals surface area contributed by atoms with Crippen LogP contribution in [0.25, 0.3) is 11.4 Å². The van der Waals surface area contributed by atoms with Gasteiger partial charge in [0, 0.05) is 12.1 Å². The molecule has 5 heteroatoms. The molecule has 0 saturated heterocycles. The Morgan fingerprint density at radius 1 is 1.08 bits per heavy atom. The van der Waals surface area contributed by atoms with Crippen LogP contribution in [0.4, 0.5) is 0 Å². The molecule has 0 aliphatic heterocycles. The first-order valence-corrected chi connectivity index (χ1v) is 9.04. The van der Waals surface area contributed by atoms with E-state index in [4.69, 9.17) is 4.52 Å². The Morgan fingerprint density at radius 3 is 2.38 bits per heavy atom. The molecule has 2 unspecified atom stereocenters. The lowest BCUT2D eigenvalue weighted by molar-refractivity contribution is 0.0881. The lowest BCUT2D eigenvalue weighted by Crippen LogP contribution is -2.34. The molecule has 5 nitrogen and oxygen atoms in total. The summed E-state index contributed by atoms with van der Waals surface area (Å²) in [6, 6.07) is 19.7. The standard InChI is InChI=1S/C21H23N3O2/c1-24(14-18(25)15-12-13-15)19(16-8-4-2-5-9-16)21-22-20(23-26-21)17-10-6-3-7-11-17/h2-11,15,18-19,25H,12-14H2,1H3. The molecule has 4 rings (SSSR count). The first-order chi connectivity index (χ1) is 12.7. The number of rotatable bonds is 7. The Bertz CT molecular complexity index is 831. The summed E-state index contributed by atoms with van der Waals surface area (Å²) in [5.74, 6) is 1.55. The second-order valence-corrected chi connectivity index (χ2v) is 6.98. The maximum Gasteiger partial charge on any atom is 0.248 e. The van der Waals surface area contributed by atoms with Gasteiger partial charge in [0.15, 0.2) is 0 Å². The van der Waals surface area contributed by atoms with Gasteiger partial charge in [0.1, 0.15) is 6.04 Å². The van der Waals surface area contributed by atoms with Crippen LogP contribution in [0.1, 0.15) is 30.3 Å². The summed E-state index contributed by atoms with van der Waals surface area (Å²) in [6.45, 7) is 0.577. The molecule has 0 amide bonds. The Kier molecular flexibility index (Phi) is 4.82. The van der Waals surface area contributed by atoms with Crippen LogP contribution in [-0.4, -0.2) is 39.8 Å². The fraction of sp³-hybridized carbons (Fsp3) is 0.333. The van der Waals surface area contributed by atoms with E-state index in [1.807, 2.05) is 55.6 Å². The third kappa shape index (κ3) is 3.69. The molecule has 0 spiro atoms. The molecule has 1 N–H and O–H groups in total. The molecule has 3 aromatic rings. The van der Waals surface area contributed by atoms with Crippen LogP contribution in [0.2, 0.25) is 0 Å². The highest BCUT2D eigenvalue weighted by Crippen LogP contribution is 2.35. The van der Waals surface area contributed by atoms with Crippen LogP contribution < -0.4 is 0 Å². The molecule has 1 aliphatic carbocycles. The zero-order valence-corrected chi connectivity index (χ0v) is 14.8. The van der Waals surface area contributed by atoms with Crippen molar-refractivity contribution >= 4 is 0 Å². The van der Waals surface area contributed by atoms with Crippen LogP contribution >= 0.6 is 0 Å². The largest absolute Gasteiger partial charge is 0.392 e. The molecule has 1 saturated carbocycles. The number of hydrogen-bond donors (Lipinski definition) is 1. The summed E-state index contributed by atoms with van der Waals surface area (Å²) in [5.41, 5.74) is 2.00. The van der Waals surface area contributed by atoms with E-state index in [0.29, 0.717) is 24.2 Å². The van der Waals surface area contributed by atoms with Crippen molar-refractivity contribution < 1.29 is 9.63 Å². The van der Waals surface area contributed by atoms with E-state index in [9.17, 15) is 5.11 Å². The Labute approximate surface area is 153 Å². The Balaban J connectivity index is 1.63. The van der Waals surface area contributed by atoms with Crippen molar-refractivity contribution in [3.05, 3.63) is 72.1 Å². The van der Waals surface area contributed by atoms with Crippen molar-refractivity contribution in [1.82, 2.24) is 15.0 Å². The van der Waals surface area contributed by atoms with Gasteiger partial charge in [0.05, 0.1) is 6.10 Å².